The summed E-state index contributed by atoms with van der Waals surface area (Å²) in [7, 11) is 0. The number of halogens is 2. The first-order valence-electron chi connectivity index (χ1n) is 9.60. The smallest absolute Gasteiger partial charge is 0.393 e. The van der Waals surface area contributed by atoms with Crippen LogP contribution in [0.1, 0.15) is 49.8 Å². The first-order valence-corrected chi connectivity index (χ1v) is 9.60. The number of nitrogens with zero attached hydrogens (tertiary/aromatic N) is 4. The third-order valence-corrected chi connectivity index (χ3v) is 6.64. The fourth-order valence-electron chi connectivity index (χ4n) is 5.13. The van der Waals surface area contributed by atoms with Crippen LogP contribution < -0.4 is 4.74 Å². The van der Waals surface area contributed by atoms with E-state index in [1.54, 1.807) is 13.0 Å². The van der Waals surface area contributed by atoms with Gasteiger partial charge in [0.1, 0.15) is 17.0 Å². The van der Waals surface area contributed by atoms with Gasteiger partial charge in [0.2, 0.25) is 5.89 Å². The molecule has 2 bridgehead atoms. The van der Waals surface area contributed by atoms with Gasteiger partial charge in [-0.2, -0.15) is 5.10 Å². The summed E-state index contributed by atoms with van der Waals surface area (Å²) in [5.41, 5.74) is -0.491. The van der Waals surface area contributed by atoms with Gasteiger partial charge in [-0.15, -0.1) is 10.2 Å². The summed E-state index contributed by atoms with van der Waals surface area (Å²) in [4.78, 5) is 13.3. The number of carbonyl (C=O) groups excluding carboxylic acids is 1. The molecule has 2 heterocycles. The Morgan fingerprint density at radius 1 is 1.17 bits per heavy atom. The first-order chi connectivity index (χ1) is 14.3. The van der Waals surface area contributed by atoms with Crippen molar-refractivity contribution in [3.63, 3.8) is 0 Å². The van der Waals surface area contributed by atoms with Gasteiger partial charge in [-0.25, -0.2) is 8.78 Å². The average Bonchev–Trinajstić information content (AvgIpc) is 3.28. The van der Waals surface area contributed by atoms with Crippen LogP contribution in [0.4, 0.5) is 8.78 Å². The van der Waals surface area contributed by atoms with E-state index in [2.05, 4.69) is 20.4 Å². The van der Waals surface area contributed by atoms with Crippen LogP contribution in [-0.4, -0.2) is 26.4 Å². The molecule has 0 spiro atoms. The van der Waals surface area contributed by atoms with E-state index in [4.69, 9.17) is 9.15 Å². The molecule has 0 radical (unpaired) electrons. The van der Waals surface area contributed by atoms with E-state index in [0.29, 0.717) is 18.5 Å². The van der Waals surface area contributed by atoms with Gasteiger partial charge in [-0.1, -0.05) is 25.0 Å². The molecule has 0 aliphatic heterocycles. The molecule has 0 N–H and O–H groups in total. The number of hydrogen-bond acceptors (Lipinski definition) is 7. The second-order valence-corrected chi connectivity index (χ2v) is 8.32. The van der Waals surface area contributed by atoms with E-state index in [0.717, 1.165) is 5.56 Å². The van der Waals surface area contributed by atoms with E-state index in [9.17, 15) is 13.6 Å². The number of carbonyl (C=O) groups is 1. The Balaban J connectivity index is 1.61. The third-order valence-electron chi connectivity index (χ3n) is 6.64. The predicted octanol–water partition coefficient (Wildman–Crippen LogP) is 3.87. The van der Waals surface area contributed by atoms with Gasteiger partial charge in [-0.3, -0.25) is 4.79 Å². The van der Waals surface area contributed by atoms with Crippen molar-refractivity contribution >= 4 is 5.97 Å². The molecule has 9 heteroatoms. The third kappa shape index (κ3) is 2.31. The van der Waals surface area contributed by atoms with Crippen molar-refractivity contribution < 1.29 is 22.7 Å². The maximum absolute atomic E-state index is 14.3. The molecule has 7 nitrogen and oxygen atoms in total. The topological polar surface area (TPSA) is 91.0 Å². The molecule has 3 aromatic rings. The molecule has 2 aromatic heterocycles. The summed E-state index contributed by atoms with van der Waals surface area (Å²) < 4.78 is 39.2. The summed E-state index contributed by atoms with van der Waals surface area (Å²) in [5.74, 6) is -1.73. The zero-order chi connectivity index (χ0) is 21.3. The minimum Gasteiger partial charge on any atom is -0.393 e. The molecule has 2 aliphatic carbocycles. The van der Waals surface area contributed by atoms with E-state index >= 15 is 0 Å². The van der Waals surface area contributed by atoms with Gasteiger partial charge >= 0.3 is 12.0 Å². The molecule has 30 heavy (non-hydrogen) atoms. The van der Waals surface area contributed by atoms with Crippen molar-refractivity contribution in [2.45, 2.75) is 44.9 Å². The maximum atomic E-state index is 14.3. The molecule has 0 saturated heterocycles. The number of esters is 1. The van der Waals surface area contributed by atoms with E-state index in [-0.39, 0.29) is 29.1 Å². The first kappa shape index (κ1) is 18.8. The van der Waals surface area contributed by atoms with Crippen LogP contribution in [0, 0.1) is 24.0 Å². The highest BCUT2D eigenvalue weighted by molar-refractivity contribution is 5.88. The second-order valence-electron chi connectivity index (χ2n) is 8.32. The van der Waals surface area contributed by atoms with Gasteiger partial charge in [0, 0.05) is 6.92 Å². The van der Waals surface area contributed by atoms with Gasteiger partial charge in [0.15, 0.2) is 0 Å². The lowest BCUT2D eigenvalue weighted by atomic mass is 9.68. The van der Waals surface area contributed by atoms with Crippen molar-refractivity contribution in [3.05, 3.63) is 53.0 Å². The number of hydrogen-bond donors (Lipinski definition) is 0. The molecule has 1 fully saturated rings. The largest absolute Gasteiger partial charge is 0.422 e. The fourth-order valence-corrected chi connectivity index (χ4v) is 5.13. The van der Waals surface area contributed by atoms with E-state index < -0.39 is 28.4 Å². The molecule has 5 rings (SSSR count). The molecule has 0 amide bonds. The highest BCUT2D eigenvalue weighted by Gasteiger charge is 2.68. The normalized spacial score (nSPS) is 23.4. The minimum absolute atomic E-state index is 0.0337. The molecule has 1 saturated carbocycles. The Morgan fingerprint density at radius 2 is 1.90 bits per heavy atom. The number of aromatic nitrogens is 4. The van der Waals surface area contributed by atoms with Crippen LogP contribution in [0.15, 0.2) is 28.7 Å². The number of aryl methyl sites for hydroxylation is 1. The Labute approximate surface area is 170 Å². The van der Waals surface area contributed by atoms with Crippen LogP contribution in [0.3, 0.4) is 0 Å². The molecule has 2 unspecified atom stereocenters. The van der Waals surface area contributed by atoms with Crippen molar-refractivity contribution in [1.29, 1.82) is 0 Å². The number of benzene rings is 1. The number of fused-ring (bicyclic) bond motifs is 5. The van der Waals surface area contributed by atoms with Crippen molar-refractivity contribution in [1.82, 2.24) is 20.4 Å². The molecular weight excluding hydrogens is 394 g/mol. The standard InChI is InChI=1S/C21H18F2N4O3/c1-10-24-27-19(29-10)30-18(28)21-8-7-12(20(21,2)3)11-9-15(25-26-17(11)21)16-13(22)5-4-6-14(16)23/h4-6,9,12H,7-8H2,1-3H3. The molecule has 2 atom stereocenters. The van der Waals surface area contributed by atoms with Crippen LogP contribution in [0.25, 0.3) is 11.3 Å². The molecular formula is C21H18F2N4O3. The lowest BCUT2D eigenvalue weighted by molar-refractivity contribution is -0.146. The van der Waals surface area contributed by atoms with Gasteiger partial charge < -0.3 is 9.15 Å². The fraction of sp³-hybridized carbons (Fsp3) is 0.381. The quantitative estimate of drug-likeness (QED) is 0.603. The minimum atomic E-state index is -1.06. The Morgan fingerprint density at radius 3 is 2.57 bits per heavy atom. The van der Waals surface area contributed by atoms with Crippen molar-refractivity contribution in [2.75, 3.05) is 0 Å². The second kappa shape index (κ2) is 6.13. The predicted molar refractivity (Wildman–Crippen MR) is 99.5 cm³/mol. The average molecular weight is 412 g/mol. The summed E-state index contributed by atoms with van der Waals surface area (Å²) in [6, 6.07) is 5.29. The maximum Gasteiger partial charge on any atom is 0.422 e. The van der Waals surface area contributed by atoms with Crippen LogP contribution >= 0.6 is 0 Å². The Bertz CT molecular complexity index is 1170. The highest BCUT2D eigenvalue weighted by Crippen LogP contribution is 2.67. The Kier molecular flexibility index (Phi) is 3.84. The van der Waals surface area contributed by atoms with E-state index in [1.165, 1.54) is 18.2 Å². The van der Waals surface area contributed by atoms with Crippen LogP contribution in [0.2, 0.25) is 0 Å². The van der Waals surface area contributed by atoms with Gasteiger partial charge in [0.25, 0.3) is 0 Å². The van der Waals surface area contributed by atoms with Gasteiger partial charge in [-0.05, 0) is 47.9 Å². The molecule has 2 aliphatic rings. The zero-order valence-corrected chi connectivity index (χ0v) is 16.6. The monoisotopic (exact) mass is 412 g/mol. The van der Waals surface area contributed by atoms with Gasteiger partial charge in [0.05, 0.1) is 17.0 Å². The van der Waals surface area contributed by atoms with Crippen molar-refractivity contribution in [2.24, 2.45) is 5.41 Å². The molecule has 154 valence electrons. The van der Waals surface area contributed by atoms with E-state index in [1.807, 2.05) is 13.8 Å². The zero-order valence-electron chi connectivity index (χ0n) is 16.6. The lowest BCUT2D eigenvalue weighted by Gasteiger charge is -2.34. The number of ether oxygens (including phenoxy) is 1. The summed E-state index contributed by atoms with van der Waals surface area (Å²) in [6.45, 7) is 5.53. The van der Waals surface area contributed by atoms with Crippen molar-refractivity contribution in [3.8, 4) is 17.3 Å². The SMILES string of the molecule is Cc1nnc(OC(=O)C23CCC(c4cc(-c5c(F)cccc5F)nnc42)C3(C)C)o1. The number of rotatable bonds is 3. The van der Waals surface area contributed by atoms with Crippen LogP contribution in [-0.2, 0) is 10.2 Å². The Hall–Kier alpha value is -3.23. The summed E-state index contributed by atoms with van der Waals surface area (Å²) >= 11 is 0. The summed E-state index contributed by atoms with van der Waals surface area (Å²) in [6.07, 6.45) is 1.01. The lowest BCUT2D eigenvalue weighted by Crippen LogP contribution is -2.46. The molecule has 1 aromatic carbocycles. The highest BCUT2D eigenvalue weighted by atomic mass is 19.1. The summed E-state index contributed by atoms with van der Waals surface area (Å²) in [5, 5.41) is 15.8. The van der Waals surface area contributed by atoms with Crippen LogP contribution in [0.5, 0.6) is 6.08 Å².